The summed E-state index contributed by atoms with van der Waals surface area (Å²) in [6.07, 6.45) is 2.20. The van der Waals surface area contributed by atoms with Gasteiger partial charge in [0.15, 0.2) is 0 Å². The standard InChI is InChI=1S/C16H16N4O4/c21-15-8-7-14(11-1-2-11)18-19(15)10-9-17-16(22)12-3-5-13(6-4-12)20(23)24/h3-8,11H,1-2,9-10H2,(H,17,22). The third kappa shape index (κ3) is 3.65. The summed E-state index contributed by atoms with van der Waals surface area (Å²) in [5.74, 6) is 0.0999. The Hall–Kier alpha value is -3.03. The number of nitrogens with one attached hydrogen (secondary N) is 1. The van der Waals surface area contributed by atoms with Crippen LogP contribution in [0.1, 0.15) is 34.8 Å². The lowest BCUT2D eigenvalue weighted by Crippen LogP contribution is -2.32. The van der Waals surface area contributed by atoms with Crippen LogP contribution in [0.2, 0.25) is 0 Å². The van der Waals surface area contributed by atoms with Gasteiger partial charge in [-0.15, -0.1) is 0 Å². The van der Waals surface area contributed by atoms with Crippen molar-refractivity contribution in [1.82, 2.24) is 15.1 Å². The van der Waals surface area contributed by atoms with E-state index in [2.05, 4.69) is 10.4 Å². The van der Waals surface area contributed by atoms with Crippen molar-refractivity contribution >= 4 is 11.6 Å². The van der Waals surface area contributed by atoms with Gasteiger partial charge in [-0.25, -0.2) is 4.68 Å². The minimum absolute atomic E-state index is 0.0702. The summed E-state index contributed by atoms with van der Waals surface area (Å²) < 4.78 is 1.35. The van der Waals surface area contributed by atoms with Gasteiger partial charge in [-0.05, 0) is 31.0 Å². The lowest BCUT2D eigenvalue weighted by atomic mass is 10.2. The Bertz CT molecular complexity index is 825. The van der Waals surface area contributed by atoms with Crippen LogP contribution in [0.3, 0.4) is 0 Å². The number of amides is 1. The van der Waals surface area contributed by atoms with Gasteiger partial charge in [-0.1, -0.05) is 0 Å². The second-order valence-corrected chi connectivity index (χ2v) is 5.65. The molecule has 0 aliphatic heterocycles. The molecule has 0 bridgehead atoms. The summed E-state index contributed by atoms with van der Waals surface area (Å²) in [4.78, 5) is 33.8. The van der Waals surface area contributed by atoms with E-state index in [9.17, 15) is 19.7 Å². The molecule has 0 spiro atoms. The van der Waals surface area contributed by atoms with Crippen molar-refractivity contribution in [2.24, 2.45) is 0 Å². The minimum Gasteiger partial charge on any atom is -0.350 e. The zero-order valence-corrected chi connectivity index (χ0v) is 12.8. The normalized spacial score (nSPS) is 13.5. The van der Waals surface area contributed by atoms with Gasteiger partial charge < -0.3 is 5.32 Å². The number of rotatable bonds is 6. The molecule has 8 heteroatoms. The molecular weight excluding hydrogens is 312 g/mol. The molecule has 2 aromatic rings. The predicted octanol–water partition coefficient (Wildman–Crippen LogP) is 1.46. The van der Waals surface area contributed by atoms with Crippen LogP contribution in [0.15, 0.2) is 41.2 Å². The van der Waals surface area contributed by atoms with Gasteiger partial charge in [0.25, 0.3) is 17.2 Å². The van der Waals surface area contributed by atoms with Crippen molar-refractivity contribution in [2.45, 2.75) is 25.3 Å². The maximum absolute atomic E-state index is 12.0. The Balaban J connectivity index is 1.58. The lowest BCUT2D eigenvalue weighted by molar-refractivity contribution is -0.384. The van der Waals surface area contributed by atoms with Crippen molar-refractivity contribution < 1.29 is 9.72 Å². The van der Waals surface area contributed by atoms with Crippen LogP contribution in [0.25, 0.3) is 0 Å². The topological polar surface area (TPSA) is 107 Å². The molecule has 1 fully saturated rings. The highest BCUT2D eigenvalue weighted by Crippen LogP contribution is 2.38. The van der Waals surface area contributed by atoms with Crippen molar-refractivity contribution in [2.75, 3.05) is 6.54 Å². The summed E-state index contributed by atoms with van der Waals surface area (Å²) in [5, 5.41) is 17.6. The molecule has 0 saturated heterocycles. The van der Waals surface area contributed by atoms with E-state index in [0.717, 1.165) is 18.5 Å². The van der Waals surface area contributed by atoms with Gasteiger partial charge in [0.2, 0.25) is 0 Å². The SMILES string of the molecule is O=C(NCCn1nc(C2CC2)ccc1=O)c1ccc([N+](=O)[O-])cc1. The average molecular weight is 328 g/mol. The fourth-order valence-corrected chi connectivity index (χ4v) is 2.33. The van der Waals surface area contributed by atoms with E-state index >= 15 is 0 Å². The van der Waals surface area contributed by atoms with Crippen LogP contribution >= 0.6 is 0 Å². The predicted molar refractivity (Wildman–Crippen MR) is 85.9 cm³/mol. The van der Waals surface area contributed by atoms with E-state index in [1.54, 1.807) is 6.07 Å². The molecule has 124 valence electrons. The van der Waals surface area contributed by atoms with E-state index in [4.69, 9.17) is 0 Å². The summed E-state index contributed by atoms with van der Waals surface area (Å²) in [7, 11) is 0. The smallest absolute Gasteiger partial charge is 0.269 e. The average Bonchev–Trinajstić information content (AvgIpc) is 3.41. The zero-order chi connectivity index (χ0) is 17.1. The third-order valence-corrected chi connectivity index (χ3v) is 3.83. The molecule has 3 rings (SSSR count). The molecule has 1 saturated carbocycles. The summed E-state index contributed by atoms with van der Waals surface area (Å²) >= 11 is 0. The molecule has 1 N–H and O–H groups in total. The Morgan fingerprint density at radius 1 is 1.25 bits per heavy atom. The number of aromatic nitrogens is 2. The van der Waals surface area contributed by atoms with Crippen LogP contribution in [-0.2, 0) is 6.54 Å². The lowest BCUT2D eigenvalue weighted by Gasteiger charge is -2.08. The molecule has 1 aromatic heterocycles. The molecule has 1 aliphatic rings. The van der Waals surface area contributed by atoms with Gasteiger partial charge >= 0.3 is 0 Å². The summed E-state index contributed by atoms with van der Waals surface area (Å²) in [5.41, 5.74) is 0.965. The van der Waals surface area contributed by atoms with Crippen molar-refractivity contribution in [3.63, 3.8) is 0 Å². The van der Waals surface area contributed by atoms with Crippen LogP contribution in [0, 0.1) is 10.1 Å². The number of hydrogen-bond donors (Lipinski definition) is 1. The highest BCUT2D eigenvalue weighted by Gasteiger charge is 2.25. The Morgan fingerprint density at radius 3 is 2.58 bits per heavy atom. The van der Waals surface area contributed by atoms with Gasteiger partial charge in [-0.2, -0.15) is 5.10 Å². The molecule has 0 unspecified atom stereocenters. The second-order valence-electron chi connectivity index (χ2n) is 5.65. The van der Waals surface area contributed by atoms with Crippen molar-refractivity contribution in [3.8, 4) is 0 Å². The summed E-state index contributed by atoms with van der Waals surface area (Å²) in [6.45, 7) is 0.523. The number of carbonyl (C=O) groups is 1. The van der Waals surface area contributed by atoms with Gasteiger partial charge in [-0.3, -0.25) is 19.7 Å². The molecule has 8 nitrogen and oxygen atoms in total. The monoisotopic (exact) mass is 328 g/mol. The number of benzene rings is 1. The molecule has 24 heavy (non-hydrogen) atoms. The number of nitrogens with zero attached hydrogens (tertiary/aromatic N) is 3. The van der Waals surface area contributed by atoms with Crippen LogP contribution in [0.4, 0.5) is 5.69 Å². The third-order valence-electron chi connectivity index (χ3n) is 3.83. The van der Waals surface area contributed by atoms with E-state index in [0.29, 0.717) is 11.5 Å². The van der Waals surface area contributed by atoms with Crippen molar-refractivity contribution in [1.29, 1.82) is 0 Å². The highest BCUT2D eigenvalue weighted by molar-refractivity contribution is 5.94. The fraction of sp³-hybridized carbons (Fsp3) is 0.312. The first-order valence-corrected chi connectivity index (χ1v) is 7.65. The van der Waals surface area contributed by atoms with Crippen LogP contribution in [-0.4, -0.2) is 27.2 Å². The molecule has 1 aromatic carbocycles. The van der Waals surface area contributed by atoms with Gasteiger partial charge in [0, 0.05) is 36.2 Å². The molecule has 0 atom stereocenters. The maximum Gasteiger partial charge on any atom is 0.269 e. The Kier molecular flexibility index (Phi) is 4.37. The zero-order valence-electron chi connectivity index (χ0n) is 12.8. The van der Waals surface area contributed by atoms with E-state index < -0.39 is 4.92 Å². The van der Waals surface area contributed by atoms with Crippen LogP contribution in [0.5, 0.6) is 0 Å². The second kappa shape index (κ2) is 6.61. The van der Waals surface area contributed by atoms with Crippen LogP contribution < -0.4 is 10.9 Å². The molecule has 1 heterocycles. The number of non-ortho nitro benzene ring substituents is 1. The first-order chi connectivity index (χ1) is 11.5. The molecular formula is C16H16N4O4. The number of carbonyl (C=O) groups excluding carboxylic acids is 1. The highest BCUT2D eigenvalue weighted by atomic mass is 16.6. The number of nitro benzene ring substituents is 1. The van der Waals surface area contributed by atoms with E-state index in [-0.39, 0.29) is 30.2 Å². The van der Waals surface area contributed by atoms with E-state index in [1.807, 2.05) is 0 Å². The van der Waals surface area contributed by atoms with Gasteiger partial charge in [0.1, 0.15) is 0 Å². The van der Waals surface area contributed by atoms with Crippen molar-refractivity contribution in [3.05, 3.63) is 68.1 Å². The first kappa shape index (κ1) is 15.9. The molecule has 0 radical (unpaired) electrons. The Labute approximate surface area is 137 Å². The Morgan fingerprint density at radius 2 is 1.96 bits per heavy atom. The van der Waals surface area contributed by atoms with E-state index in [1.165, 1.54) is 35.0 Å². The number of nitro groups is 1. The number of hydrogen-bond acceptors (Lipinski definition) is 5. The first-order valence-electron chi connectivity index (χ1n) is 7.65. The fourth-order valence-electron chi connectivity index (χ4n) is 2.33. The maximum atomic E-state index is 12.0. The molecule has 1 aliphatic carbocycles. The summed E-state index contributed by atoms with van der Waals surface area (Å²) in [6, 6.07) is 8.60. The quantitative estimate of drug-likeness (QED) is 0.638. The molecule has 1 amide bonds. The van der Waals surface area contributed by atoms with Gasteiger partial charge in [0.05, 0.1) is 17.2 Å². The minimum atomic E-state index is -0.521. The largest absolute Gasteiger partial charge is 0.350 e.